The van der Waals surface area contributed by atoms with Crippen molar-refractivity contribution < 1.29 is 23.8 Å². The first kappa shape index (κ1) is 20.4. The largest absolute Gasteiger partial charge is 0.494 e. The van der Waals surface area contributed by atoms with E-state index in [1.807, 2.05) is 12.1 Å². The Hall–Kier alpha value is -2.89. The van der Waals surface area contributed by atoms with Crippen molar-refractivity contribution in [3.8, 4) is 5.75 Å². The lowest BCUT2D eigenvalue weighted by Crippen LogP contribution is -2.39. The molecule has 0 fully saturated rings. The molecule has 2 rings (SSSR count). The molecule has 0 aromatic heterocycles. The van der Waals surface area contributed by atoms with Crippen LogP contribution in [0.15, 0.2) is 48.5 Å². The van der Waals surface area contributed by atoms with Gasteiger partial charge in [0, 0.05) is 13.0 Å². The molecule has 0 aliphatic carbocycles. The number of ether oxygens (including phenoxy) is 1. The van der Waals surface area contributed by atoms with E-state index in [1.165, 1.54) is 12.1 Å². The number of carbonyl (C=O) groups excluding carboxylic acids is 1. The van der Waals surface area contributed by atoms with Gasteiger partial charge in [0.15, 0.2) is 0 Å². The van der Waals surface area contributed by atoms with Gasteiger partial charge in [-0.15, -0.1) is 0 Å². The van der Waals surface area contributed by atoms with Gasteiger partial charge >= 0.3 is 5.97 Å². The first-order valence-electron chi connectivity index (χ1n) is 8.77. The van der Waals surface area contributed by atoms with Crippen molar-refractivity contribution in [2.45, 2.75) is 38.6 Å². The van der Waals surface area contributed by atoms with E-state index in [0.29, 0.717) is 30.9 Å². The molecule has 2 aromatic rings. The Kier molecular flexibility index (Phi) is 6.93. The van der Waals surface area contributed by atoms with Crippen LogP contribution in [-0.4, -0.2) is 23.6 Å². The van der Waals surface area contributed by atoms with Gasteiger partial charge in [-0.05, 0) is 55.7 Å². The molecule has 2 N–H and O–H groups in total. The third kappa shape index (κ3) is 6.09. The predicted molar refractivity (Wildman–Crippen MR) is 100 cm³/mol. The van der Waals surface area contributed by atoms with Crippen molar-refractivity contribution in [3.63, 3.8) is 0 Å². The molecular formula is C21H24FNO4. The monoisotopic (exact) mass is 373 g/mol. The smallest absolute Gasteiger partial charge is 0.303 e. The highest BCUT2D eigenvalue weighted by Crippen LogP contribution is 2.24. The molecule has 0 aliphatic rings. The summed E-state index contributed by atoms with van der Waals surface area (Å²) < 4.78 is 18.9. The molecule has 0 spiro atoms. The van der Waals surface area contributed by atoms with Gasteiger partial charge in [0.05, 0.1) is 12.0 Å². The van der Waals surface area contributed by atoms with Crippen LogP contribution >= 0.6 is 0 Å². The van der Waals surface area contributed by atoms with E-state index in [4.69, 9.17) is 9.84 Å². The summed E-state index contributed by atoms with van der Waals surface area (Å²) in [6.07, 6.45) is 0.521. The molecule has 0 atom stereocenters. The normalized spacial score (nSPS) is 11.1. The van der Waals surface area contributed by atoms with E-state index in [1.54, 1.807) is 38.1 Å². The summed E-state index contributed by atoms with van der Waals surface area (Å²) in [6, 6.07) is 13.3. The topological polar surface area (TPSA) is 75.6 Å². The highest BCUT2D eigenvalue weighted by Gasteiger charge is 2.29. The van der Waals surface area contributed by atoms with Crippen molar-refractivity contribution in [3.05, 3.63) is 65.5 Å². The number of amides is 1. The number of rotatable bonds is 9. The minimum Gasteiger partial charge on any atom is -0.494 e. The molecule has 1 amide bonds. The number of halogens is 1. The first-order valence-corrected chi connectivity index (χ1v) is 8.77. The molecule has 6 heteroatoms. The van der Waals surface area contributed by atoms with Crippen LogP contribution in [0.5, 0.6) is 5.75 Å². The summed E-state index contributed by atoms with van der Waals surface area (Å²) in [5.74, 6) is -0.754. The number of aliphatic carboxylic acids is 1. The maximum atomic E-state index is 13.4. The Balaban J connectivity index is 1.86. The third-order valence-electron chi connectivity index (χ3n) is 4.29. The van der Waals surface area contributed by atoms with Gasteiger partial charge < -0.3 is 15.2 Å². The fourth-order valence-electron chi connectivity index (χ4n) is 2.53. The van der Waals surface area contributed by atoms with Gasteiger partial charge in [-0.2, -0.15) is 0 Å². The van der Waals surface area contributed by atoms with Crippen molar-refractivity contribution >= 4 is 11.9 Å². The zero-order chi connectivity index (χ0) is 19.9. The van der Waals surface area contributed by atoms with E-state index in [9.17, 15) is 14.0 Å². The quantitative estimate of drug-likeness (QED) is 0.658. The van der Waals surface area contributed by atoms with E-state index in [0.717, 1.165) is 5.56 Å². The first-order chi connectivity index (χ1) is 12.8. The summed E-state index contributed by atoms with van der Waals surface area (Å²) in [5, 5.41) is 11.5. The maximum absolute atomic E-state index is 13.4. The molecule has 0 bridgehead atoms. The van der Waals surface area contributed by atoms with Crippen LogP contribution < -0.4 is 10.1 Å². The number of carboxylic acids is 1. The number of hydrogen-bond donors (Lipinski definition) is 2. The second kappa shape index (κ2) is 9.16. The number of carboxylic acid groups (broad SMARTS) is 1. The number of carbonyl (C=O) groups is 2. The Morgan fingerprint density at radius 1 is 1.15 bits per heavy atom. The Morgan fingerprint density at radius 2 is 1.85 bits per heavy atom. The van der Waals surface area contributed by atoms with Gasteiger partial charge in [0.25, 0.3) is 0 Å². The number of nitrogens with one attached hydrogen (secondary N) is 1. The minimum absolute atomic E-state index is 0.0746. The van der Waals surface area contributed by atoms with Crippen LogP contribution in [0, 0.1) is 5.82 Å². The van der Waals surface area contributed by atoms with Gasteiger partial charge in [-0.25, -0.2) is 4.39 Å². The molecule has 27 heavy (non-hydrogen) atoms. The summed E-state index contributed by atoms with van der Waals surface area (Å²) in [4.78, 5) is 23.0. The molecule has 0 radical (unpaired) electrons. The average Bonchev–Trinajstić information content (AvgIpc) is 2.64. The molecule has 0 heterocycles. The van der Waals surface area contributed by atoms with Crippen LogP contribution in [0.1, 0.15) is 37.8 Å². The van der Waals surface area contributed by atoms with Crippen LogP contribution in [0.4, 0.5) is 4.39 Å². The standard InChI is InChI=1S/C21H24FNO4/c1-21(2,16-5-3-6-17(22)13-16)20(26)23-14-15-8-10-18(11-9-15)27-12-4-7-19(24)25/h3,5-6,8-11,13H,4,7,12,14H2,1-2H3,(H,23,26)(H,24,25). The van der Waals surface area contributed by atoms with Gasteiger partial charge in [0.1, 0.15) is 11.6 Å². The fourth-order valence-corrected chi connectivity index (χ4v) is 2.53. The van der Waals surface area contributed by atoms with Gasteiger partial charge in [-0.3, -0.25) is 9.59 Å². The highest BCUT2D eigenvalue weighted by atomic mass is 19.1. The summed E-state index contributed by atoms with van der Waals surface area (Å²) in [7, 11) is 0. The van der Waals surface area contributed by atoms with Crippen LogP contribution in [-0.2, 0) is 21.5 Å². The Morgan fingerprint density at radius 3 is 2.48 bits per heavy atom. The van der Waals surface area contributed by atoms with E-state index < -0.39 is 11.4 Å². The summed E-state index contributed by atoms with van der Waals surface area (Å²) in [6.45, 7) is 4.19. The van der Waals surface area contributed by atoms with Crippen molar-refractivity contribution in [2.24, 2.45) is 0 Å². The van der Waals surface area contributed by atoms with Crippen molar-refractivity contribution in [1.82, 2.24) is 5.32 Å². The SMILES string of the molecule is CC(C)(C(=O)NCc1ccc(OCCCC(=O)O)cc1)c1cccc(F)c1. The maximum Gasteiger partial charge on any atom is 0.303 e. The zero-order valence-electron chi connectivity index (χ0n) is 15.5. The number of hydrogen-bond acceptors (Lipinski definition) is 3. The molecule has 0 saturated carbocycles. The molecule has 144 valence electrons. The minimum atomic E-state index is -0.852. The lowest BCUT2D eigenvalue weighted by Gasteiger charge is -2.24. The fraction of sp³-hybridized carbons (Fsp3) is 0.333. The Labute approximate surface area is 158 Å². The number of benzene rings is 2. The molecule has 0 aliphatic heterocycles. The lowest BCUT2D eigenvalue weighted by atomic mass is 9.83. The molecule has 0 unspecified atom stereocenters. The lowest BCUT2D eigenvalue weighted by molar-refractivity contribution is -0.137. The third-order valence-corrected chi connectivity index (χ3v) is 4.29. The Bertz CT molecular complexity index is 787. The molecule has 0 saturated heterocycles. The van der Waals surface area contributed by atoms with Crippen molar-refractivity contribution in [2.75, 3.05) is 6.61 Å². The van der Waals surface area contributed by atoms with E-state index in [2.05, 4.69) is 5.32 Å². The van der Waals surface area contributed by atoms with Gasteiger partial charge in [0.2, 0.25) is 5.91 Å². The molecule has 2 aromatic carbocycles. The van der Waals surface area contributed by atoms with Crippen LogP contribution in [0.3, 0.4) is 0 Å². The van der Waals surface area contributed by atoms with E-state index in [-0.39, 0.29) is 18.1 Å². The van der Waals surface area contributed by atoms with Crippen molar-refractivity contribution in [1.29, 1.82) is 0 Å². The molecular weight excluding hydrogens is 349 g/mol. The highest BCUT2D eigenvalue weighted by molar-refractivity contribution is 5.87. The average molecular weight is 373 g/mol. The second-order valence-corrected chi connectivity index (χ2v) is 6.81. The zero-order valence-corrected chi connectivity index (χ0v) is 15.5. The second-order valence-electron chi connectivity index (χ2n) is 6.81. The van der Waals surface area contributed by atoms with Gasteiger partial charge in [-0.1, -0.05) is 24.3 Å². The van der Waals surface area contributed by atoms with Crippen LogP contribution in [0.2, 0.25) is 0 Å². The van der Waals surface area contributed by atoms with E-state index >= 15 is 0 Å². The predicted octanol–water partition coefficient (Wildman–Crippen LogP) is 3.66. The summed E-state index contributed by atoms with van der Waals surface area (Å²) in [5.41, 5.74) is 0.663. The van der Waals surface area contributed by atoms with Crippen LogP contribution in [0.25, 0.3) is 0 Å². The summed E-state index contributed by atoms with van der Waals surface area (Å²) >= 11 is 0. The molecule has 5 nitrogen and oxygen atoms in total.